The molecule has 0 aromatic heterocycles. The predicted molar refractivity (Wildman–Crippen MR) is 77.3 cm³/mol. The lowest BCUT2D eigenvalue weighted by atomic mass is 9.77. The van der Waals surface area contributed by atoms with Crippen LogP contribution < -0.4 is 5.73 Å². The Bertz CT molecular complexity index is 386. The van der Waals surface area contributed by atoms with Gasteiger partial charge in [-0.15, -0.1) is 0 Å². The molecule has 1 rings (SSSR count). The summed E-state index contributed by atoms with van der Waals surface area (Å²) in [6, 6.07) is 6.45. The summed E-state index contributed by atoms with van der Waals surface area (Å²) < 4.78 is 12.9. The molecule has 0 bridgehead atoms. The van der Waals surface area contributed by atoms with Crippen LogP contribution in [0.15, 0.2) is 24.3 Å². The molecule has 2 unspecified atom stereocenters. The highest BCUT2D eigenvalue weighted by molar-refractivity contribution is 5.17. The zero-order chi connectivity index (χ0) is 14.6. The second kappa shape index (κ2) is 6.49. The molecule has 0 radical (unpaired) electrons. The van der Waals surface area contributed by atoms with Gasteiger partial charge in [0.1, 0.15) is 5.82 Å². The molecule has 1 aromatic carbocycles. The Morgan fingerprint density at radius 3 is 2.21 bits per heavy atom. The molecule has 0 amide bonds. The van der Waals surface area contributed by atoms with Gasteiger partial charge in [-0.05, 0) is 41.9 Å². The largest absolute Gasteiger partial charge is 0.392 e. The molecular formula is C16H26FNO. The number of nitrogens with two attached hydrogens (primary N) is 1. The van der Waals surface area contributed by atoms with Crippen molar-refractivity contribution in [3.05, 3.63) is 35.6 Å². The molecule has 19 heavy (non-hydrogen) atoms. The topological polar surface area (TPSA) is 46.2 Å². The number of hydrogen-bond donors (Lipinski definition) is 2. The first kappa shape index (κ1) is 16.1. The normalized spacial score (nSPS) is 15.6. The van der Waals surface area contributed by atoms with E-state index in [0.29, 0.717) is 18.8 Å². The zero-order valence-corrected chi connectivity index (χ0v) is 12.4. The van der Waals surface area contributed by atoms with Crippen molar-refractivity contribution in [1.29, 1.82) is 0 Å². The molecule has 0 aliphatic rings. The monoisotopic (exact) mass is 267 g/mol. The number of halogens is 1. The van der Waals surface area contributed by atoms with Crippen molar-refractivity contribution in [3.8, 4) is 0 Å². The van der Waals surface area contributed by atoms with Crippen LogP contribution in [0.1, 0.15) is 39.7 Å². The minimum Gasteiger partial charge on any atom is -0.392 e. The smallest absolute Gasteiger partial charge is 0.123 e. The third-order valence-electron chi connectivity index (χ3n) is 3.83. The van der Waals surface area contributed by atoms with Crippen molar-refractivity contribution in [2.24, 2.45) is 17.1 Å². The molecule has 0 aliphatic carbocycles. The molecule has 0 aliphatic heterocycles. The highest BCUT2D eigenvalue weighted by Gasteiger charge is 2.30. The molecular weight excluding hydrogens is 241 g/mol. The molecule has 3 N–H and O–H groups in total. The van der Waals surface area contributed by atoms with Gasteiger partial charge in [-0.25, -0.2) is 4.39 Å². The van der Waals surface area contributed by atoms with E-state index < -0.39 is 6.10 Å². The Hall–Kier alpha value is -0.930. The SMILES string of the molecule is CC(C)C(N)CC(O)C(C)(C)Cc1ccc(F)cc1. The van der Waals surface area contributed by atoms with Crippen LogP contribution in [0.3, 0.4) is 0 Å². The van der Waals surface area contributed by atoms with E-state index in [1.807, 2.05) is 13.8 Å². The second-order valence-electron chi connectivity index (χ2n) is 6.45. The van der Waals surface area contributed by atoms with Gasteiger partial charge in [-0.1, -0.05) is 39.8 Å². The predicted octanol–water partition coefficient (Wildman–Crippen LogP) is 3.13. The summed E-state index contributed by atoms with van der Waals surface area (Å²) in [6.45, 7) is 8.16. The van der Waals surface area contributed by atoms with Gasteiger partial charge in [0.05, 0.1) is 6.10 Å². The first-order chi connectivity index (χ1) is 8.72. The quantitative estimate of drug-likeness (QED) is 0.832. The van der Waals surface area contributed by atoms with Crippen LogP contribution in [0.4, 0.5) is 4.39 Å². The van der Waals surface area contributed by atoms with Gasteiger partial charge >= 0.3 is 0 Å². The van der Waals surface area contributed by atoms with Crippen LogP contribution in [0.2, 0.25) is 0 Å². The maximum atomic E-state index is 12.9. The van der Waals surface area contributed by atoms with Crippen LogP contribution in [-0.2, 0) is 6.42 Å². The average Bonchev–Trinajstić information content (AvgIpc) is 2.31. The van der Waals surface area contributed by atoms with E-state index in [4.69, 9.17) is 5.73 Å². The molecule has 2 nitrogen and oxygen atoms in total. The summed E-state index contributed by atoms with van der Waals surface area (Å²) in [5.74, 6) is 0.125. The van der Waals surface area contributed by atoms with E-state index >= 15 is 0 Å². The lowest BCUT2D eigenvalue weighted by Gasteiger charge is -2.33. The van der Waals surface area contributed by atoms with E-state index in [2.05, 4.69) is 13.8 Å². The highest BCUT2D eigenvalue weighted by Crippen LogP contribution is 2.29. The van der Waals surface area contributed by atoms with E-state index in [-0.39, 0.29) is 17.3 Å². The Kier molecular flexibility index (Phi) is 5.50. The van der Waals surface area contributed by atoms with Gasteiger partial charge in [0.25, 0.3) is 0 Å². The van der Waals surface area contributed by atoms with Gasteiger partial charge in [0.2, 0.25) is 0 Å². The first-order valence-corrected chi connectivity index (χ1v) is 6.90. The van der Waals surface area contributed by atoms with Gasteiger partial charge in [-0.2, -0.15) is 0 Å². The van der Waals surface area contributed by atoms with Crippen LogP contribution >= 0.6 is 0 Å². The zero-order valence-electron chi connectivity index (χ0n) is 12.4. The van der Waals surface area contributed by atoms with E-state index in [0.717, 1.165) is 5.56 Å². The molecule has 108 valence electrons. The first-order valence-electron chi connectivity index (χ1n) is 6.90. The van der Waals surface area contributed by atoms with Crippen molar-refractivity contribution < 1.29 is 9.50 Å². The number of aliphatic hydroxyl groups excluding tert-OH is 1. The molecule has 2 atom stereocenters. The minimum atomic E-state index is -0.463. The summed E-state index contributed by atoms with van der Waals surface area (Å²) in [6.07, 6.45) is 0.834. The van der Waals surface area contributed by atoms with Crippen molar-refractivity contribution in [2.45, 2.75) is 52.7 Å². The fourth-order valence-electron chi connectivity index (χ4n) is 2.10. The highest BCUT2D eigenvalue weighted by atomic mass is 19.1. The Morgan fingerprint density at radius 1 is 1.21 bits per heavy atom. The lowest BCUT2D eigenvalue weighted by molar-refractivity contribution is 0.0342. The molecule has 0 fully saturated rings. The van der Waals surface area contributed by atoms with Crippen LogP contribution in [0.25, 0.3) is 0 Å². The van der Waals surface area contributed by atoms with Crippen LogP contribution in [-0.4, -0.2) is 17.3 Å². The molecule has 0 spiro atoms. The second-order valence-corrected chi connectivity index (χ2v) is 6.45. The third kappa shape index (κ3) is 4.92. The summed E-state index contributed by atoms with van der Waals surface area (Å²) in [5, 5.41) is 10.4. The van der Waals surface area contributed by atoms with Crippen LogP contribution in [0, 0.1) is 17.2 Å². The third-order valence-corrected chi connectivity index (χ3v) is 3.83. The van der Waals surface area contributed by atoms with Crippen molar-refractivity contribution in [1.82, 2.24) is 0 Å². The number of aliphatic hydroxyl groups is 1. The van der Waals surface area contributed by atoms with Crippen molar-refractivity contribution in [2.75, 3.05) is 0 Å². The summed E-state index contributed by atoms with van der Waals surface area (Å²) >= 11 is 0. The molecule has 0 saturated heterocycles. The van der Waals surface area contributed by atoms with Gasteiger partial charge in [-0.3, -0.25) is 0 Å². The van der Waals surface area contributed by atoms with Gasteiger partial charge in [0.15, 0.2) is 0 Å². The van der Waals surface area contributed by atoms with Crippen molar-refractivity contribution >= 4 is 0 Å². The van der Waals surface area contributed by atoms with E-state index in [1.165, 1.54) is 12.1 Å². The Morgan fingerprint density at radius 2 is 1.74 bits per heavy atom. The fraction of sp³-hybridized carbons (Fsp3) is 0.625. The molecule has 3 heteroatoms. The summed E-state index contributed by atoms with van der Waals surface area (Å²) in [4.78, 5) is 0. The number of rotatable bonds is 6. The Balaban J connectivity index is 2.66. The van der Waals surface area contributed by atoms with Gasteiger partial charge < -0.3 is 10.8 Å². The molecule has 0 heterocycles. The lowest BCUT2D eigenvalue weighted by Crippen LogP contribution is -2.39. The van der Waals surface area contributed by atoms with E-state index in [1.54, 1.807) is 12.1 Å². The van der Waals surface area contributed by atoms with Crippen LogP contribution in [0.5, 0.6) is 0 Å². The number of benzene rings is 1. The number of hydrogen-bond acceptors (Lipinski definition) is 2. The Labute approximate surface area is 115 Å². The fourth-order valence-corrected chi connectivity index (χ4v) is 2.10. The van der Waals surface area contributed by atoms with E-state index in [9.17, 15) is 9.50 Å². The minimum absolute atomic E-state index is 0.00231. The standard InChI is InChI=1S/C16H26FNO/c1-11(2)14(18)9-15(19)16(3,4)10-12-5-7-13(17)8-6-12/h5-8,11,14-15,19H,9-10,18H2,1-4H3. The maximum Gasteiger partial charge on any atom is 0.123 e. The van der Waals surface area contributed by atoms with Crippen molar-refractivity contribution in [3.63, 3.8) is 0 Å². The summed E-state index contributed by atoms with van der Waals surface area (Å²) in [5.41, 5.74) is 6.78. The average molecular weight is 267 g/mol. The molecule has 0 saturated carbocycles. The maximum absolute atomic E-state index is 12.9. The van der Waals surface area contributed by atoms with Gasteiger partial charge in [0, 0.05) is 6.04 Å². The molecule has 1 aromatic rings. The summed E-state index contributed by atoms with van der Waals surface area (Å²) in [7, 11) is 0.